The number of hydrazone groups is 1. The molecule has 2 aromatic carbocycles. The number of quaternary nitrogens is 1. The lowest BCUT2D eigenvalue weighted by atomic mass is 9.87. The van der Waals surface area contributed by atoms with Crippen molar-refractivity contribution in [2.24, 2.45) is 5.10 Å². The normalized spacial score (nSPS) is 16.4. The van der Waals surface area contributed by atoms with E-state index in [1.54, 1.807) is 4.90 Å². The monoisotopic (exact) mass is 350 g/mol. The minimum atomic E-state index is 0.201. The summed E-state index contributed by atoms with van der Waals surface area (Å²) >= 11 is 0. The molecule has 26 heavy (non-hydrogen) atoms. The van der Waals surface area contributed by atoms with E-state index in [1.165, 1.54) is 22.3 Å². The molecule has 1 heterocycles. The highest BCUT2D eigenvalue weighted by atomic mass is 15.5. The van der Waals surface area contributed by atoms with Crippen LogP contribution < -0.4 is 4.90 Å². The molecule has 138 valence electrons. The second-order valence-electron chi connectivity index (χ2n) is 8.48. The van der Waals surface area contributed by atoms with Gasteiger partial charge in [-0.3, -0.25) is 5.01 Å². The molecule has 3 rings (SSSR count). The van der Waals surface area contributed by atoms with E-state index >= 15 is 0 Å². The lowest BCUT2D eigenvalue weighted by Gasteiger charge is -2.30. The molecule has 3 nitrogen and oxygen atoms in total. The average molecular weight is 351 g/mol. The summed E-state index contributed by atoms with van der Waals surface area (Å²) in [6, 6.07) is 17.7. The maximum Gasteiger partial charge on any atom is 0.103 e. The number of piperazine rings is 1. The molecule has 3 heteroatoms. The van der Waals surface area contributed by atoms with Gasteiger partial charge < -0.3 is 4.90 Å². The third kappa shape index (κ3) is 5.18. The van der Waals surface area contributed by atoms with Crippen LogP contribution in [0.3, 0.4) is 0 Å². The molecule has 1 N–H and O–H groups in total. The van der Waals surface area contributed by atoms with Crippen LogP contribution in [0.1, 0.15) is 43.0 Å². The first-order valence-electron chi connectivity index (χ1n) is 9.69. The van der Waals surface area contributed by atoms with E-state index in [2.05, 4.69) is 81.2 Å². The van der Waals surface area contributed by atoms with Crippen LogP contribution in [0.4, 0.5) is 0 Å². The molecule has 0 amide bonds. The molecule has 1 fully saturated rings. The Morgan fingerprint density at radius 3 is 2.15 bits per heavy atom. The van der Waals surface area contributed by atoms with E-state index in [-0.39, 0.29) is 5.41 Å². The number of benzene rings is 2. The van der Waals surface area contributed by atoms with E-state index in [0.717, 1.165) is 32.7 Å². The van der Waals surface area contributed by atoms with Crippen molar-refractivity contribution in [1.82, 2.24) is 5.01 Å². The molecule has 1 saturated heterocycles. The van der Waals surface area contributed by atoms with Gasteiger partial charge in [-0.15, -0.1) is 0 Å². The first kappa shape index (κ1) is 18.7. The van der Waals surface area contributed by atoms with Crippen molar-refractivity contribution in [3.63, 3.8) is 0 Å². The fourth-order valence-corrected chi connectivity index (χ4v) is 3.32. The minimum absolute atomic E-state index is 0.201. The lowest BCUT2D eigenvalue weighted by Crippen LogP contribution is -3.13. The van der Waals surface area contributed by atoms with Gasteiger partial charge >= 0.3 is 0 Å². The third-order valence-corrected chi connectivity index (χ3v) is 5.17. The smallest absolute Gasteiger partial charge is 0.103 e. The van der Waals surface area contributed by atoms with Gasteiger partial charge in [0.1, 0.15) is 6.54 Å². The highest BCUT2D eigenvalue weighted by molar-refractivity contribution is 5.79. The lowest BCUT2D eigenvalue weighted by molar-refractivity contribution is -0.918. The number of rotatable bonds is 4. The van der Waals surface area contributed by atoms with Gasteiger partial charge in [0.15, 0.2) is 0 Å². The van der Waals surface area contributed by atoms with Crippen molar-refractivity contribution in [3.05, 3.63) is 70.8 Å². The average Bonchev–Trinajstić information content (AvgIpc) is 2.63. The zero-order chi connectivity index (χ0) is 18.6. The summed E-state index contributed by atoms with van der Waals surface area (Å²) < 4.78 is 0. The Balaban J connectivity index is 1.49. The zero-order valence-corrected chi connectivity index (χ0v) is 16.6. The molecule has 1 aliphatic heterocycles. The van der Waals surface area contributed by atoms with Gasteiger partial charge in [-0.05, 0) is 23.5 Å². The van der Waals surface area contributed by atoms with Crippen molar-refractivity contribution in [1.29, 1.82) is 0 Å². The number of aryl methyl sites for hydroxylation is 1. The molecule has 0 aromatic heterocycles. The molecule has 0 bridgehead atoms. The summed E-state index contributed by atoms with van der Waals surface area (Å²) in [5, 5.41) is 6.90. The first-order valence-corrected chi connectivity index (χ1v) is 9.69. The van der Waals surface area contributed by atoms with Crippen molar-refractivity contribution in [2.45, 2.75) is 39.7 Å². The Bertz CT molecular complexity index is 716. The Hall–Kier alpha value is -2.13. The van der Waals surface area contributed by atoms with E-state index < -0.39 is 0 Å². The van der Waals surface area contributed by atoms with Crippen molar-refractivity contribution >= 4 is 6.21 Å². The number of nitrogens with one attached hydrogen (secondary N) is 1. The zero-order valence-electron chi connectivity index (χ0n) is 16.6. The Kier molecular flexibility index (Phi) is 5.77. The van der Waals surface area contributed by atoms with E-state index in [1.807, 2.05) is 6.21 Å². The number of hydrogen-bond acceptors (Lipinski definition) is 2. The molecular formula is C23H32N3+. The summed E-state index contributed by atoms with van der Waals surface area (Å²) in [5.41, 5.74) is 5.50. The van der Waals surface area contributed by atoms with Crippen LogP contribution in [0.25, 0.3) is 0 Å². The Morgan fingerprint density at radius 2 is 1.58 bits per heavy atom. The number of nitrogens with zero attached hydrogens (tertiary/aromatic N) is 2. The molecule has 1 aliphatic rings. The number of hydrogen-bond donors (Lipinski definition) is 1. The molecule has 0 atom stereocenters. The second kappa shape index (κ2) is 8.05. The predicted octanol–water partition coefficient (Wildman–Crippen LogP) is 3.03. The largest absolute Gasteiger partial charge is 0.328 e. The van der Waals surface area contributed by atoms with E-state index in [4.69, 9.17) is 5.10 Å². The van der Waals surface area contributed by atoms with Crippen LogP contribution in [0.15, 0.2) is 53.6 Å². The standard InChI is InChI=1S/C23H31N3/c1-19-5-7-21(8-6-19)18-25-13-15-26(16-14-25)24-17-20-9-11-22(12-10-20)23(2,3)4/h5-12,17H,13-16,18H2,1-4H3/p+1/b24-17-. The SMILES string of the molecule is Cc1ccc(C[NH+]2CCN(/N=C\c3ccc(C(C)(C)C)cc3)CC2)cc1. The molecule has 0 unspecified atom stereocenters. The van der Waals surface area contributed by atoms with E-state index in [9.17, 15) is 0 Å². The minimum Gasteiger partial charge on any atom is -0.328 e. The second-order valence-corrected chi connectivity index (χ2v) is 8.48. The van der Waals surface area contributed by atoms with Gasteiger partial charge in [0, 0.05) is 5.56 Å². The summed E-state index contributed by atoms with van der Waals surface area (Å²) in [5.74, 6) is 0. The maximum absolute atomic E-state index is 4.69. The maximum atomic E-state index is 4.69. The van der Waals surface area contributed by atoms with Crippen LogP contribution in [-0.2, 0) is 12.0 Å². The van der Waals surface area contributed by atoms with Crippen LogP contribution in [0.5, 0.6) is 0 Å². The van der Waals surface area contributed by atoms with Crippen LogP contribution in [-0.4, -0.2) is 37.4 Å². The van der Waals surface area contributed by atoms with Gasteiger partial charge in [0.2, 0.25) is 0 Å². The summed E-state index contributed by atoms with van der Waals surface area (Å²) in [4.78, 5) is 1.65. The van der Waals surface area contributed by atoms with Crippen LogP contribution in [0, 0.1) is 6.92 Å². The first-order chi connectivity index (χ1) is 12.4. The molecule has 0 radical (unpaired) electrons. The van der Waals surface area contributed by atoms with Crippen LogP contribution >= 0.6 is 0 Å². The third-order valence-electron chi connectivity index (χ3n) is 5.17. The molecule has 2 aromatic rings. The summed E-state index contributed by atoms with van der Waals surface area (Å²) in [6.45, 7) is 14.3. The Morgan fingerprint density at radius 1 is 0.962 bits per heavy atom. The quantitative estimate of drug-likeness (QED) is 0.841. The van der Waals surface area contributed by atoms with Gasteiger partial charge in [0.05, 0.1) is 32.4 Å². The summed E-state index contributed by atoms with van der Waals surface area (Å²) in [7, 11) is 0. The van der Waals surface area contributed by atoms with Crippen LogP contribution in [0.2, 0.25) is 0 Å². The fraction of sp³-hybridized carbons (Fsp3) is 0.435. The molecule has 0 spiro atoms. The van der Waals surface area contributed by atoms with Gasteiger partial charge in [0.25, 0.3) is 0 Å². The summed E-state index contributed by atoms with van der Waals surface area (Å²) in [6.07, 6.45) is 2.00. The van der Waals surface area contributed by atoms with Crippen molar-refractivity contribution in [2.75, 3.05) is 26.2 Å². The Labute approximate surface area is 158 Å². The predicted molar refractivity (Wildman–Crippen MR) is 110 cm³/mol. The fourth-order valence-electron chi connectivity index (χ4n) is 3.32. The van der Waals surface area contributed by atoms with Crippen molar-refractivity contribution < 1.29 is 4.90 Å². The highest BCUT2D eigenvalue weighted by Crippen LogP contribution is 2.21. The van der Waals surface area contributed by atoms with Gasteiger partial charge in [-0.25, -0.2) is 0 Å². The highest BCUT2D eigenvalue weighted by Gasteiger charge is 2.18. The van der Waals surface area contributed by atoms with Crippen molar-refractivity contribution in [3.8, 4) is 0 Å². The van der Waals surface area contributed by atoms with E-state index in [0.29, 0.717) is 0 Å². The molecular weight excluding hydrogens is 318 g/mol. The molecule has 0 aliphatic carbocycles. The van der Waals surface area contributed by atoms with Gasteiger partial charge in [-0.2, -0.15) is 5.10 Å². The topological polar surface area (TPSA) is 20.0 Å². The molecule has 0 saturated carbocycles. The van der Waals surface area contributed by atoms with Gasteiger partial charge in [-0.1, -0.05) is 74.9 Å².